The summed E-state index contributed by atoms with van der Waals surface area (Å²) in [5.74, 6) is 0. The lowest BCUT2D eigenvalue weighted by Gasteiger charge is -2.06. The van der Waals surface area contributed by atoms with Crippen molar-refractivity contribution in [3.63, 3.8) is 0 Å². The smallest absolute Gasteiger partial charge is 0.291 e. The van der Waals surface area contributed by atoms with Gasteiger partial charge in [-0.25, -0.2) is 9.67 Å². The van der Waals surface area contributed by atoms with E-state index in [-0.39, 0.29) is 5.56 Å². The Balaban J connectivity index is 1.59. The average molecular weight is 391 g/mol. The maximum Gasteiger partial charge on any atom is 0.291 e. The molecule has 5 heterocycles. The van der Waals surface area contributed by atoms with Gasteiger partial charge in [0, 0.05) is 31.1 Å². The van der Waals surface area contributed by atoms with E-state index >= 15 is 0 Å². The normalized spacial score (nSPS) is 11.6. The number of aryl methyl sites for hydroxylation is 2. The third kappa shape index (κ3) is 2.71. The molecule has 28 heavy (non-hydrogen) atoms. The molecule has 0 atom stereocenters. The van der Waals surface area contributed by atoms with Crippen LogP contribution in [0.25, 0.3) is 21.3 Å². The summed E-state index contributed by atoms with van der Waals surface area (Å²) in [5.41, 5.74) is 4.04. The highest BCUT2D eigenvalue weighted by Crippen LogP contribution is 2.30. The molecule has 0 saturated heterocycles. The summed E-state index contributed by atoms with van der Waals surface area (Å²) in [5, 5.41) is 13.1. The molecule has 0 aromatic carbocycles. The van der Waals surface area contributed by atoms with Crippen LogP contribution in [0.1, 0.15) is 22.1 Å². The predicted octanol–water partition coefficient (Wildman–Crippen LogP) is 2.41. The van der Waals surface area contributed by atoms with Crippen LogP contribution in [0.4, 0.5) is 0 Å². The first-order valence-electron chi connectivity index (χ1n) is 8.85. The van der Waals surface area contributed by atoms with E-state index in [4.69, 9.17) is 4.98 Å². The molecule has 8 nitrogen and oxygen atoms in total. The summed E-state index contributed by atoms with van der Waals surface area (Å²) in [6, 6.07) is 7.70. The van der Waals surface area contributed by atoms with Crippen molar-refractivity contribution < 1.29 is 0 Å². The van der Waals surface area contributed by atoms with Crippen molar-refractivity contribution in [2.75, 3.05) is 0 Å². The number of aromatic amines is 1. The molecule has 0 aliphatic heterocycles. The number of nitrogens with one attached hydrogen (secondary N) is 1. The standard InChI is InChI=1S/C19H17N7OS/c1-11-4-3-5-13(22-11)10-26-18(27)17-14(9-21-26)16-19(25(17)2)28-15(23-16)8-12-6-7-20-24-12/h3-7,9H,8,10H2,1-2H3,(H,20,24). The Hall–Kier alpha value is -3.33. The number of hydrogen-bond acceptors (Lipinski definition) is 6. The molecule has 0 spiro atoms. The van der Waals surface area contributed by atoms with Crippen LogP contribution in [0, 0.1) is 6.92 Å². The summed E-state index contributed by atoms with van der Waals surface area (Å²) in [6.07, 6.45) is 4.15. The lowest BCUT2D eigenvalue weighted by molar-refractivity contribution is 0.631. The highest BCUT2D eigenvalue weighted by Gasteiger charge is 2.18. The molecule has 5 aromatic heterocycles. The Bertz CT molecular complexity index is 1360. The molecule has 0 amide bonds. The number of fused-ring (bicyclic) bond motifs is 3. The topological polar surface area (TPSA) is 94.3 Å². The maximum atomic E-state index is 13.1. The van der Waals surface area contributed by atoms with E-state index in [9.17, 15) is 4.79 Å². The summed E-state index contributed by atoms with van der Waals surface area (Å²) in [4.78, 5) is 23.2. The zero-order valence-corrected chi connectivity index (χ0v) is 16.2. The van der Waals surface area contributed by atoms with Crippen molar-refractivity contribution >= 4 is 32.6 Å². The molecule has 0 aliphatic rings. The number of aromatic nitrogens is 7. The highest BCUT2D eigenvalue weighted by atomic mass is 32.1. The van der Waals surface area contributed by atoms with E-state index in [0.717, 1.165) is 37.8 Å². The van der Waals surface area contributed by atoms with Gasteiger partial charge in [0.1, 0.15) is 20.9 Å². The Kier molecular flexibility index (Phi) is 3.83. The predicted molar refractivity (Wildman–Crippen MR) is 108 cm³/mol. The van der Waals surface area contributed by atoms with Crippen LogP contribution in [0.2, 0.25) is 0 Å². The molecule has 0 radical (unpaired) electrons. The quantitative estimate of drug-likeness (QED) is 0.508. The number of hydrogen-bond donors (Lipinski definition) is 1. The zero-order chi connectivity index (χ0) is 19.3. The van der Waals surface area contributed by atoms with Crippen LogP contribution in [0.3, 0.4) is 0 Å². The fraction of sp³-hybridized carbons (Fsp3) is 0.211. The van der Waals surface area contributed by atoms with Gasteiger partial charge >= 0.3 is 0 Å². The molecule has 140 valence electrons. The molecule has 0 saturated carbocycles. The monoisotopic (exact) mass is 391 g/mol. The van der Waals surface area contributed by atoms with Gasteiger partial charge in [0.05, 0.1) is 23.8 Å². The number of nitrogens with zero attached hydrogens (tertiary/aromatic N) is 6. The van der Waals surface area contributed by atoms with Crippen molar-refractivity contribution in [1.82, 2.24) is 34.5 Å². The van der Waals surface area contributed by atoms with Crippen molar-refractivity contribution in [3.05, 3.63) is 69.1 Å². The number of rotatable bonds is 4. The molecule has 0 unspecified atom stereocenters. The van der Waals surface area contributed by atoms with E-state index in [2.05, 4.69) is 20.3 Å². The second kappa shape index (κ2) is 6.38. The minimum absolute atomic E-state index is 0.136. The van der Waals surface area contributed by atoms with Crippen molar-refractivity contribution in [3.8, 4) is 0 Å². The van der Waals surface area contributed by atoms with E-state index in [1.54, 1.807) is 23.7 Å². The van der Waals surface area contributed by atoms with E-state index < -0.39 is 0 Å². The maximum absolute atomic E-state index is 13.1. The molecule has 1 N–H and O–H groups in total. The van der Waals surface area contributed by atoms with Gasteiger partial charge in [0.15, 0.2) is 0 Å². The van der Waals surface area contributed by atoms with E-state index in [0.29, 0.717) is 18.5 Å². The zero-order valence-electron chi connectivity index (χ0n) is 15.4. The van der Waals surface area contributed by atoms with Gasteiger partial charge in [0.2, 0.25) is 0 Å². The van der Waals surface area contributed by atoms with Gasteiger partial charge in [0.25, 0.3) is 5.56 Å². The van der Waals surface area contributed by atoms with Gasteiger partial charge in [-0.2, -0.15) is 10.2 Å². The molecule has 0 aliphatic carbocycles. The molecule has 0 fully saturated rings. The number of thiazole rings is 1. The molecule has 0 bridgehead atoms. The Morgan fingerprint density at radius 2 is 2.11 bits per heavy atom. The van der Waals surface area contributed by atoms with Crippen LogP contribution in [0.15, 0.2) is 41.5 Å². The second-order valence-corrected chi connectivity index (χ2v) is 7.78. The van der Waals surface area contributed by atoms with Gasteiger partial charge in [-0.1, -0.05) is 6.07 Å². The van der Waals surface area contributed by atoms with Crippen LogP contribution in [-0.4, -0.2) is 34.5 Å². The number of H-pyrrole nitrogens is 1. The van der Waals surface area contributed by atoms with E-state index in [1.807, 2.05) is 42.8 Å². The fourth-order valence-electron chi connectivity index (χ4n) is 3.41. The summed E-state index contributed by atoms with van der Waals surface area (Å²) in [6.45, 7) is 2.27. The Morgan fingerprint density at radius 3 is 2.89 bits per heavy atom. The van der Waals surface area contributed by atoms with E-state index in [1.165, 1.54) is 4.68 Å². The minimum Gasteiger partial charge on any atom is -0.329 e. The lowest BCUT2D eigenvalue weighted by atomic mass is 10.3. The third-order valence-electron chi connectivity index (χ3n) is 4.72. The Labute approximate surface area is 163 Å². The van der Waals surface area contributed by atoms with Crippen molar-refractivity contribution in [2.45, 2.75) is 19.9 Å². The summed E-state index contributed by atoms with van der Waals surface area (Å²) < 4.78 is 3.38. The van der Waals surface area contributed by atoms with Gasteiger partial charge in [-0.05, 0) is 25.1 Å². The molecule has 5 rings (SSSR count). The number of pyridine rings is 1. The van der Waals surface area contributed by atoms with Gasteiger partial charge < -0.3 is 4.57 Å². The Morgan fingerprint density at radius 1 is 1.21 bits per heavy atom. The summed E-state index contributed by atoms with van der Waals surface area (Å²) >= 11 is 1.58. The van der Waals surface area contributed by atoms with Crippen LogP contribution < -0.4 is 5.56 Å². The molecule has 9 heteroatoms. The average Bonchev–Trinajstić information content (AvgIpc) is 3.37. The molecular formula is C19H17N7OS. The minimum atomic E-state index is -0.136. The van der Waals surface area contributed by atoms with Gasteiger partial charge in [-0.3, -0.25) is 14.9 Å². The van der Waals surface area contributed by atoms with Crippen molar-refractivity contribution in [2.24, 2.45) is 7.05 Å². The first-order chi connectivity index (χ1) is 13.6. The molecule has 5 aromatic rings. The SMILES string of the molecule is Cc1cccc(Cn2ncc3c4nc(Cc5ccn[nH]5)sc4n(C)c3c2=O)n1. The second-order valence-electron chi connectivity index (χ2n) is 6.72. The summed E-state index contributed by atoms with van der Waals surface area (Å²) in [7, 11) is 1.90. The van der Waals surface area contributed by atoms with Crippen LogP contribution in [-0.2, 0) is 20.0 Å². The first-order valence-corrected chi connectivity index (χ1v) is 9.66. The first kappa shape index (κ1) is 16.8. The van der Waals surface area contributed by atoms with Crippen LogP contribution >= 0.6 is 11.3 Å². The molecular weight excluding hydrogens is 374 g/mol. The lowest BCUT2D eigenvalue weighted by Crippen LogP contribution is -2.25. The van der Waals surface area contributed by atoms with Crippen molar-refractivity contribution in [1.29, 1.82) is 0 Å². The fourth-order valence-corrected chi connectivity index (χ4v) is 4.48. The highest BCUT2D eigenvalue weighted by molar-refractivity contribution is 7.18. The third-order valence-corrected chi connectivity index (χ3v) is 5.86. The largest absolute Gasteiger partial charge is 0.329 e. The van der Waals surface area contributed by atoms with Crippen LogP contribution in [0.5, 0.6) is 0 Å². The van der Waals surface area contributed by atoms with Gasteiger partial charge in [-0.15, -0.1) is 11.3 Å².